The number of rotatable bonds is 0. The summed E-state index contributed by atoms with van der Waals surface area (Å²) >= 11 is 0. The molecule has 2 heterocycles. The van der Waals surface area contributed by atoms with Crippen LogP contribution in [-0.2, 0) is 17.7 Å². The number of amides is 1. The molecule has 0 radical (unpaired) electrons. The van der Waals surface area contributed by atoms with Crippen LogP contribution in [0.3, 0.4) is 0 Å². The van der Waals surface area contributed by atoms with Gasteiger partial charge in [-0.1, -0.05) is 0 Å². The summed E-state index contributed by atoms with van der Waals surface area (Å²) in [6.45, 7) is 8.41. The second-order valence-electron chi connectivity index (χ2n) is 5.40. The molecule has 0 saturated heterocycles. The number of aromatic nitrogens is 3. The highest BCUT2D eigenvalue weighted by Gasteiger charge is 2.27. The van der Waals surface area contributed by atoms with Crippen molar-refractivity contribution in [2.45, 2.75) is 46.3 Å². The molecule has 6 heteroatoms. The van der Waals surface area contributed by atoms with Gasteiger partial charge in [0.15, 0.2) is 0 Å². The van der Waals surface area contributed by atoms with E-state index in [4.69, 9.17) is 4.74 Å². The fraction of sp³-hybridized carbons (Fsp3) is 0.667. The highest BCUT2D eigenvalue weighted by atomic mass is 16.6. The SMILES string of the molecule is Cc1nnc2c(n1)CCN(C(=O)OC(C)(C)C)C2. The quantitative estimate of drug-likeness (QED) is 0.697. The van der Waals surface area contributed by atoms with Crippen LogP contribution in [0.2, 0.25) is 0 Å². The third kappa shape index (κ3) is 2.94. The molecule has 98 valence electrons. The molecular formula is C12H18N4O2. The van der Waals surface area contributed by atoms with Gasteiger partial charge >= 0.3 is 6.09 Å². The monoisotopic (exact) mass is 250 g/mol. The molecule has 1 aliphatic heterocycles. The summed E-state index contributed by atoms with van der Waals surface area (Å²) < 4.78 is 5.33. The van der Waals surface area contributed by atoms with Crippen LogP contribution in [0.5, 0.6) is 0 Å². The van der Waals surface area contributed by atoms with Crippen molar-refractivity contribution in [3.63, 3.8) is 0 Å². The normalized spacial score (nSPS) is 15.2. The maximum absolute atomic E-state index is 11.9. The molecule has 0 spiro atoms. The van der Waals surface area contributed by atoms with E-state index in [0.717, 1.165) is 11.4 Å². The summed E-state index contributed by atoms with van der Waals surface area (Å²) in [4.78, 5) is 17.9. The third-order valence-electron chi connectivity index (χ3n) is 2.56. The van der Waals surface area contributed by atoms with E-state index < -0.39 is 5.60 Å². The van der Waals surface area contributed by atoms with Crippen LogP contribution in [0.15, 0.2) is 0 Å². The van der Waals surface area contributed by atoms with Gasteiger partial charge < -0.3 is 9.64 Å². The van der Waals surface area contributed by atoms with Crippen molar-refractivity contribution >= 4 is 6.09 Å². The Morgan fingerprint density at radius 2 is 2.00 bits per heavy atom. The molecule has 18 heavy (non-hydrogen) atoms. The van der Waals surface area contributed by atoms with E-state index in [1.165, 1.54) is 0 Å². The molecule has 0 fully saturated rings. The van der Waals surface area contributed by atoms with Gasteiger partial charge in [0.05, 0.1) is 12.2 Å². The molecule has 1 aliphatic rings. The second kappa shape index (κ2) is 4.51. The minimum absolute atomic E-state index is 0.310. The van der Waals surface area contributed by atoms with Crippen LogP contribution in [0.25, 0.3) is 0 Å². The van der Waals surface area contributed by atoms with E-state index in [2.05, 4.69) is 15.2 Å². The molecule has 1 aromatic rings. The van der Waals surface area contributed by atoms with Gasteiger partial charge in [0.1, 0.15) is 17.1 Å². The zero-order chi connectivity index (χ0) is 13.3. The first kappa shape index (κ1) is 12.7. The summed E-state index contributed by atoms with van der Waals surface area (Å²) in [6.07, 6.45) is 0.390. The minimum Gasteiger partial charge on any atom is -0.444 e. The molecular weight excluding hydrogens is 232 g/mol. The number of ether oxygens (including phenoxy) is 1. The lowest BCUT2D eigenvalue weighted by Gasteiger charge is -2.29. The highest BCUT2D eigenvalue weighted by Crippen LogP contribution is 2.17. The Morgan fingerprint density at radius 3 is 2.67 bits per heavy atom. The summed E-state index contributed by atoms with van der Waals surface area (Å²) in [5, 5.41) is 8.01. The summed E-state index contributed by atoms with van der Waals surface area (Å²) in [6, 6.07) is 0. The lowest BCUT2D eigenvalue weighted by atomic mass is 10.1. The first-order chi connectivity index (χ1) is 8.35. The first-order valence-electron chi connectivity index (χ1n) is 6.02. The van der Waals surface area contributed by atoms with Gasteiger partial charge in [-0.3, -0.25) is 0 Å². The van der Waals surface area contributed by atoms with E-state index in [1.54, 1.807) is 4.90 Å². The Kier molecular flexibility index (Phi) is 3.19. The molecule has 0 saturated carbocycles. The molecule has 0 aromatic carbocycles. The van der Waals surface area contributed by atoms with Crippen LogP contribution >= 0.6 is 0 Å². The lowest BCUT2D eigenvalue weighted by molar-refractivity contribution is 0.0218. The topological polar surface area (TPSA) is 68.2 Å². The van der Waals surface area contributed by atoms with Gasteiger partial charge in [0.25, 0.3) is 0 Å². The summed E-state index contributed by atoms with van der Waals surface area (Å²) in [7, 11) is 0. The third-order valence-corrected chi connectivity index (χ3v) is 2.56. The Bertz CT molecular complexity index is 468. The van der Waals surface area contributed by atoms with Gasteiger partial charge in [-0.25, -0.2) is 9.78 Å². The number of carbonyl (C=O) groups is 1. The zero-order valence-electron chi connectivity index (χ0n) is 11.2. The van der Waals surface area contributed by atoms with Crippen molar-refractivity contribution in [3.05, 3.63) is 17.2 Å². The van der Waals surface area contributed by atoms with Crippen LogP contribution in [0.4, 0.5) is 4.79 Å². The van der Waals surface area contributed by atoms with Crippen molar-refractivity contribution in [3.8, 4) is 0 Å². The van der Waals surface area contributed by atoms with Crippen molar-refractivity contribution in [1.82, 2.24) is 20.1 Å². The number of hydrogen-bond acceptors (Lipinski definition) is 5. The number of fused-ring (bicyclic) bond motifs is 1. The molecule has 1 amide bonds. The van der Waals surface area contributed by atoms with Gasteiger partial charge in [-0.15, -0.1) is 10.2 Å². The zero-order valence-corrected chi connectivity index (χ0v) is 11.2. The maximum Gasteiger partial charge on any atom is 0.410 e. The van der Waals surface area contributed by atoms with Crippen molar-refractivity contribution in [2.75, 3.05) is 6.54 Å². The average Bonchev–Trinajstić information content (AvgIpc) is 2.26. The van der Waals surface area contributed by atoms with Crippen LogP contribution in [-0.4, -0.2) is 38.3 Å². The number of aryl methyl sites for hydroxylation is 1. The van der Waals surface area contributed by atoms with Crippen LogP contribution in [0.1, 0.15) is 38.0 Å². The predicted octanol–water partition coefficient (Wildman–Crippen LogP) is 1.47. The largest absolute Gasteiger partial charge is 0.444 e. The molecule has 0 N–H and O–H groups in total. The Labute approximate surface area is 106 Å². The van der Waals surface area contributed by atoms with Gasteiger partial charge in [0, 0.05) is 13.0 Å². The van der Waals surface area contributed by atoms with Crippen molar-refractivity contribution in [1.29, 1.82) is 0 Å². The average molecular weight is 250 g/mol. The Hall–Kier alpha value is -1.72. The predicted molar refractivity (Wildman–Crippen MR) is 64.9 cm³/mol. The van der Waals surface area contributed by atoms with Crippen LogP contribution in [0, 0.1) is 6.92 Å². The van der Waals surface area contributed by atoms with Gasteiger partial charge in [-0.05, 0) is 27.7 Å². The second-order valence-corrected chi connectivity index (χ2v) is 5.40. The number of nitrogens with zero attached hydrogens (tertiary/aromatic N) is 4. The van der Waals surface area contributed by atoms with E-state index in [0.29, 0.717) is 25.3 Å². The van der Waals surface area contributed by atoms with Crippen molar-refractivity contribution < 1.29 is 9.53 Å². The summed E-state index contributed by atoms with van der Waals surface area (Å²) in [5.41, 5.74) is 1.22. The van der Waals surface area contributed by atoms with E-state index in [9.17, 15) is 4.79 Å². The molecule has 0 aliphatic carbocycles. The first-order valence-corrected chi connectivity index (χ1v) is 6.02. The lowest BCUT2D eigenvalue weighted by Crippen LogP contribution is -2.40. The molecule has 0 atom stereocenters. The molecule has 1 aromatic heterocycles. The Morgan fingerprint density at radius 1 is 1.28 bits per heavy atom. The molecule has 0 unspecified atom stereocenters. The van der Waals surface area contributed by atoms with Crippen molar-refractivity contribution in [2.24, 2.45) is 0 Å². The highest BCUT2D eigenvalue weighted by molar-refractivity contribution is 5.68. The number of hydrogen-bond donors (Lipinski definition) is 0. The van der Waals surface area contributed by atoms with E-state index in [1.807, 2.05) is 27.7 Å². The Balaban J connectivity index is 2.08. The number of carbonyl (C=O) groups excluding carboxylic acids is 1. The van der Waals surface area contributed by atoms with E-state index in [-0.39, 0.29) is 6.09 Å². The van der Waals surface area contributed by atoms with Gasteiger partial charge in [-0.2, -0.15) is 0 Å². The molecule has 0 bridgehead atoms. The standard InChI is InChI=1S/C12H18N4O2/c1-8-13-9-5-6-16(7-10(9)15-14-8)11(17)18-12(2,3)4/h5-7H2,1-4H3. The fourth-order valence-corrected chi connectivity index (χ4v) is 1.78. The van der Waals surface area contributed by atoms with Crippen LogP contribution < -0.4 is 0 Å². The molecule has 6 nitrogen and oxygen atoms in total. The van der Waals surface area contributed by atoms with Gasteiger partial charge in [0.2, 0.25) is 0 Å². The fourth-order valence-electron chi connectivity index (χ4n) is 1.78. The maximum atomic E-state index is 11.9. The minimum atomic E-state index is -0.478. The molecule has 2 rings (SSSR count). The summed E-state index contributed by atoms with van der Waals surface area (Å²) in [5.74, 6) is 0.666. The van der Waals surface area contributed by atoms with E-state index >= 15 is 0 Å². The smallest absolute Gasteiger partial charge is 0.410 e.